The molecule has 3 rings (SSSR count). The van der Waals surface area contributed by atoms with Crippen molar-refractivity contribution >= 4 is 48.1 Å². The number of nitrogen functional groups attached to an aromatic ring is 2. The molecule has 0 radical (unpaired) electrons. The summed E-state index contributed by atoms with van der Waals surface area (Å²) in [6.07, 6.45) is 1.67. The van der Waals surface area contributed by atoms with Crippen LogP contribution in [0.2, 0.25) is 0 Å². The molecule has 0 fully saturated rings. The number of amides is 1. The molecule has 1 atom stereocenters. The highest BCUT2D eigenvalue weighted by atomic mass is 31.2. The molecule has 0 aliphatic rings. The summed E-state index contributed by atoms with van der Waals surface area (Å²) in [5, 5.41) is 11.8. The maximum absolute atomic E-state index is 12.5. The number of benzene rings is 1. The van der Waals surface area contributed by atoms with Crippen molar-refractivity contribution in [3.8, 4) is 0 Å². The minimum absolute atomic E-state index is 0.0119. The topological polar surface area (TPSA) is 231 Å². The molecule has 14 nitrogen and oxygen atoms in total. The minimum atomic E-state index is -4.14. The molecule has 0 unspecified atom stereocenters. The zero-order valence-electron chi connectivity index (χ0n) is 19.4. The molecule has 0 bridgehead atoms. The number of hydrogen-bond donors (Lipinski definition) is 6. The first-order valence-corrected chi connectivity index (χ1v) is 12.7. The molecule has 36 heavy (non-hydrogen) atoms. The Morgan fingerprint density at radius 2 is 1.81 bits per heavy atom. The van der Waals surface area contributed by atoms with E-state index < -0.39 is 25.5 Å². The Morgan fingerprint density at radius 1 is 1.11 bits per heavy atom. The van der Waals surface area contributed by atoms with Crippen LogP contribution in [0.25, 0.3) is 11.2 Å². The fraction of sp³-hybridized carbons (Fsp3) is 0.333. The van der Waals surface area contributed by atoms with Crippen LogP contribution >= 0.6 is 7.60 Å². The van der Waals surface area contributed by atoms with E-state index in [4.69, 9.17) is 21.3 Å². The van der Waals surface area contributed by atoms with Crippen molar-refractivity contribution in [2.75, 3.05) is 29.6 Å². The van der Waals surface area contributed by atoms with E-state index in [1.807, 2.05) is 11.9 Å². The number of carboxylic acid groups (broad SMARTS) is 1. The quantitative estimate of drug-likeness (QED) is 0.152. The summed E-state index contributed by atoms with van der Waals surface area (Å²) in [4.78, 5) is 60.2. The van der Waals surface area contributed by atoms with Crippen molar-refractivity contribution in [2.45, 2.75) is 31.8 Å². The van der Waals surface area contributed by atoms with Gasteiger partial charge in [-0.15, -0.1) is 0 Å². The molecule has 0 aliphatic heterocycles. The summed E-state index contributed by atoms with van der Waals surface area (Å²) in [5.41, 5.74) is 13.7. The summed E-state index contributed by atoms with van der Waals surface area (Å²) in [5.74, 6) is -1.65. The second-order valence-corrected chi connectivity index (χ2v) is 9.93. The molecule has 15 heteroatoms. The number of unbranched alkanes of at least 4 members (excludes halogenated alkanes) is 1. The monoisotopic (exact) mass is 518 g/mol. The third-order valence-electron chi connectivity index (χ3n) is 5.27. The Labute approximate surface area is 205 Å². The summed E-state index contributed by atoms with van der Waals surface area (Å²) >= 11 is 0. The van der Waals surface area contributed by atoms with Crippen molar-refractivity contribution in [1.82, 2.24) is 25.3 Å². The van der Waals surface area contributed by atoms with Gasteiger partial charge in [-0.25, -0.2) is 14.8 Å². The number of hydrogen-bond acceptors (Lipinski definition) is 10. The predicted molar refractivity (Wildman–Crippen MR) is 132 cm³/mol. The number of aliphatic carboxylic acids is 1. The van der Waals surface area contributed by atoms with E-state index in [-0.39, 0.29) is 42.8 Å². The lowest BCUT2D eigenvalue weighted by atomic mass is 10.1. The van der Waals surface area contributed by atoms with Crippen LogP contribution in [0.1, 0.15) is 35.3 Å². The lowest BCUT2D eigenvalue weighted by Crippen LogP contribution is -2.40. The fourth-order valence-corrected chi connectivity index (χ4v) is 4.06. The number of rotatable bonds is 11. The standard InChI is InChI=1S/C21H27N8O6P/c1-29(11-13-10-24-18-16(25-13)17(22)27-21(23)28-18)14-7-5-12(6-8-14)19(30)26-15(20(31)32)4-2-3-9-36(33,34)35/h5-8,10,15H,2-4,9,11H2,1H3,(H,26,30)(H,31,32)(H2,33,34,35)(H4,22,23,24,27,28)/t15-/m0/s1. The molecule has 192 valence electrons. The number of carbonyl (C=O) groups excluding carboxylic acids is 1. The molecule has 1 aromatic carbocycles. The first kappa shape index (κ1) is 26.7. The van der Waals surface area contributed by atoms with Gasteiger partial charge in [-0.2, -0.15) is 9.97 Å². The first-order chi connectivity index (χ1) is 16.9. The molecule has 8 N–H and O–H groups in total. The summed E-state index contributed by atoms with van der Waals surface area (Å²) in [6, 6.07) is 5.37. The van der Waals surface area contributed by atoms with Gasteiger partial charge in [0, 0.05) is 24.5 Å². The SMILES string of the molecule is CN(Cc1cnc2nc(N)nc(N)c2n1)c1ccc(C(=O)N[C@@H](CCCCP(=O)(O)O)C(=O)O)cc1. The van der Waals surface area contributed by atoms with Gasteiger partial charge in [0.2, 0.25) is 5.95 Å². The van der Waals surface area contributed by atoms with Crippen LogP contribution < -0.4 is 21.7 Å². The second kappa shape index (κ2) is 11.2. The normalized spacial score (nSPS) is 12.3. The Bertz CT molecular complexity index is 1300. The summed E-state index contributed by atoms with van der Waals surface area (Å²) in [6.45, 7) is 0.369. The minimum Gasteiger partial charge on any atom is -0.480 e. The molecule has 0 saturated carbocycles. The van der Waals surface area contributed by atoms with Crippen molar-refractivity contribution in [1.29, 1.82) is 0 Å². The fourth-order valence-electron chi connectivity index (χ4n) is 3.43. The number of nitrogens with two attached hydrogens (primary N) is 2. The van der Waals surface area contributed by atoms with Crippen LogP contribution in [0.3, 0.4) is 0 Å². The number of anilines is 3. The maximum Gasteiger partial charge on any atom is 0.326 e. The third-order valence-corrected chi connectivity index (χ3v) is 6.17. The van der Waals surface area contributed by atoms with Crippen LogP contribution in [0.5, 0.6) is 0 Å². The van der Waals surface area contributed by atoms with Crippen LogP contribution in [0.15, 0.2) is 30.5 Å². The highest BCUT2D eigenvalue weighted by molar-refractivity contribution is 7.51. The van der Waals surface area contributed by atoms with Crippen molar-refractivity contribution < 1.29 is 29.0 Å². The van der Waals surface area contributed by atoms with Gasteiger partial charge in [0.25, 0.3) is 5.91 Å². The Balaban J connectivity index is 1.61. The highest BCUT2D eigenvalue weighted by Crippen LogP contribution is 2.35. The zero-order valence-corrected chi connectivity index (χ0v) is 20.3. The average molecular weight is 518 g/mol. The lowest BCUT2D eigenvalue weighted by molar-refractivity contribution is -0.139. The largest absolute Gasteiger partial charge is 0.480 e. The molecule has 0 saturated heterocycles. The molecule has 1 amide bonds. The van der Waals surface area contributed by atoms with Crippen molar-refractivity contribution in [3.63, 3.8) is 0 Å². The number of carboxylic acids is 1. The van der Waals surface area contributed by atoms with Gasteiger partial charge >= 0.3 is 13.6 Å². The van der Waals surface area contributed by atoms with Crippen molar-refractivity contribution in [3.05, 3.63) is 41.7 Å². The number of nitrogens with one attached hydrogen (secondary N) is 1. The maximum atomic E-state index is 12.5. The van der Waals surface area contributed by atoms with Crippen LogP contribution in [-0.2, 0) is 15.9 Å². The zero-order chi connectivity index (χ0) is 26.5. The van der Waals surface area contributed by atoms with Crippen molar-refractivity contribution in [2.24, 2.45) is 0 Å². The van der Waals surface area contributed by atoms with E-state index in [9.17, 15) is 19.3 Å². The number of nitrogens with zero attached hydrogens (tertiary/aromatic N) is 5. The smallest absolute Gasteiger partial charge is 0.326 e. The highest BCUT2D eigenvalue weighted by Gasteiger charge is 2.21. The molecular weight excluding hydrogens is 491 g/mol. The van der Waals surface area contributed by atoms with Crippen LogP contribution in [-0.4, -0.2) is 66.0 Å². The molecule has 0 spiro atoms. The van der Waals surface area contributed by atoms with Gasteiger partial charge < -0.3 is 36.6 Å². The molecular formula is C21H27N8O6P. The molecule has 2 aromatic heterocycles. The van der Waals surface area contributed by atoms with Gasteiger partial charge in [-0.1, -0.05) is 6.42 Å². The van der Waals surface area contributed by atoms with Crippen LogP contribution in [0, 0.1) is 0 Å². The average Bonchev–Trinajstić information content (AvgIpc) is 2.80. The number of aromatic nitrogens is 4. The van der Waals surface area contributed by atoms with E-state index in [0.29, 0.717) is 23.4 Å². The molecule has 2 heterocycles. The van der Waals surface area contributed by atoms with E-state index in [1.165, 1.54) is 0 Å². The van der Waals surface area contributed by atoms with Gasteiger partial charge in [0.05, 0.1) is 18.4 Å². The number of fused-ring (bicyclic) bond motifs is 1. The second-order valence-electron chi connectivity index (χ2n) is 8.15. The lowest BCUT2D eigenvalue weighted by Gasteiger charge is -2.19. The first-order valence-electron chi connectivity index (χ1n) is 10.9. The van der Waals surface area contributed by atoms with E-state index in [2.05, 4.69) is 25.3 Å². The molecule has 3 aromatic rings. The Hall–Kier alpha value is -3.87. The number of carbonyl (C=O) groups is 2. The van der Waals surface area contributed by atoms with Gasteiger partial charge in [0.1, 0.15) is 6.04 Å². The van der Waals surface area contributed by atoms with Gasteiger partial charge in [0.15, 0.2) is 17.0 Å². The van der Waals surface area contributed by atoms with Crippen LogP contribution in [0.4, 0.5) is 17.5 Å². The van der Waals surface area contributed by atoms with E-state index >= 15 is 0 Å². The van der Waals surface area contributed by atoms with E-state index in [0.717, 1.165) is 5.69 Å². The van der Waals surface area contributed by atoms with Gasteiger partial charge in [-0.3, -0.25) is 9.36 Å². The Morgan fingerprint density at radius 3 is 2.44 bits per heavy atom. The van der Waals surface area contributed by atoms with E-state index in [1.54, 1.807) is 30.5 Å². The predicted octanol–water partition coefficient (Wildman–Crippen LogP) is 0.752. The Kier molecular flexibility index (Phi) is 8.35. The van der Waals surface area contributed by atoms with Gasteiger partial charge in [-0.05, 0) is 37.1 Å². The third kappa shape index (κ3) is 7.31. The summed E-state index contributed by atoms with van der Waals surface area (Å²) in [7, 11) is -2.32. The molecule has 0 aliphatic carbocycles. The summed E-state index contributed by atoms with van der Waals surface area (Å²) < 4.78 is 10.9.